The molecule has 0 unspecified atom stereocenters. The molecule has 4 heteroatoms. The van der Waals surface area contributed by atoms with Gasteiger partial charge in [-0.05, 0) is 66.7 Å². The van der Waals surface area contributed by atoms with Gasteiger partial charge in [0.1, 0.15) is 5.60 Å². The van der Waals surface area contributed by atoms with Gasteiger partial charge in [-0.15, -0.1) is 0 Å². The fourth-order valence-corrected chi connectivity index (χ4v) is 2.21. The van der Waals surface area contributed by atoms with Crippen molar-refractivity contribution in [2.24, 2.45) is 5.92 Å². The minimum Gasteiger partial charge on any atom is -0.444 e. The van der Waals surface area contributed by atoms with E-state index in [0.717, 1.165) is 25.7 Å². The summed E-state index contributed by atoms with van der Waals surface area (Å²) < 4.78 is 5.16. The van der Waals surface area contributed by atoms with Crippen LogP contribution in [0.4, 0.5) is 4.79 Å². The van der Waals surface area contributed by atoms with Crippen molar-refractivity contribution in [1.29, 1.82) is 0 Å². The van der Waals surface area contributed by atoms with E-state index in [-0.39, 0.29) is 5.78 Å². The summed E-state index contributed by atoms with van der Waals surface area (Å²) >= 11 is 0. The van der Waals surface area contributed by atoms with E-state index in [0.29, 0.717) is 12.3 Å². The van der Waals surface area contributed by atoms with Gasteiger partial charge in [-0.1, -0.05) is 25.0 Å². The largest absolute Gasteiger partial charge is 0.444 e. The van der Waals surface area contributed by atoms with Crippen molar-refractivity contribution >= 4 is 11.9 Å². The van der Waals surface area contributed by atoms with Gasteiger partial charge >= 0.3 is 6.09 Å². The van der Waals surface area contributed by atoms with Gasteiger partial charge in [0.25, 0.3) is 0 Å². The Labute approximate surface area is 142 Å². The van der Waals surface area contributed by atoms with Crippen LogP contribution in [0, 0.1) is 5.92 Å². The molecule has 0 bridgehead atoms. The molecule has 1 amide bonds. The Morgan fingerprint density at radius 2 is 1.74 bits per heavy atom. The lowest BCUT2D eigenvalue weighted by atomic mass is 9.96. The van der Waals surface area contributed by atoms with Crippen LogP contribution in [-0.4, -0.2) is 23.5 Å². The summed E-state index contributed by atoms with van der Waals surface area (Å²) in [6.45, 7) is 13.6. The maximum Gasteiger partial charge on any atom is 0.408 e. The van der Waals surface area contributed by atoms with Crippen molar-refractivity contribution in [3.05, 3.63) is 11.6 Å². The van der Waals surface area contributed by atoms with Crippen molar-refractivity contribution < 1.29 is 14.3 Å². The lowest BCUT2D eigenvalue weighted by Crippen LogP contribution is -2.41. The number of nitrogens with one attached hydrogen (secondary N) is 1. The molecule has 23 heavy (non-hydrogen) atoms. The molecule has 0 spiro atoms. The lowest BCUT2D eigenvalue weighted by Gasteiger charge is -2.21. The van der Waals surface area contributed by atoms with Crippen molar-refractivity contribution in [3.8, 4) is 0 Å². The highest BCUT2D eigenvalue weighted by molar-refractivity contribution is 5.86. The summed E-state index contributed by atoms with van der Waals surface area (Å²) in [7, 11) is 0. The number of amides is 1. The predicted molar refractivity (Wildman–Crippen MR) is 95.5 cm³/mol. The van der Waals surface area contributed by atoms with Crippen molar-refractivity contribution in [2.75, 3.05) is 0 Å². The second kappa shape index (κ2) is 10.5. The highest BCUT2D eigenvalue weighted by atomic mass is 16.6. The highest BCUT2D eigenvalue weighted by Gasteiger charge is 2.20. The first kappa shape index (κ1) is 21.7. The molecule has 134 valence electrons. The van der Waals surface area contributed by atoms with Crippen LogP contribution in [-0.2, 0) is 9.53 Å². The van der Waals surface area contributed by atoms with Gasteiger partial charge in [-0.25, -0.2) is 4.79 Å². The summed E-state index contributed by atoms with van der Waals surface area (Å²) in [6, 6.07) is -0.495. The van der Waals surface area contributed by atoms with E-state index in [1.54, 1.807) is 27.7 Å². The molecule has 0 saturated carbocycles. The molecule has 4 nitrogen and oxygen atoms in total. The second-order valence-electron chi connectivity index (χ2n) is 7.69. The number of ketones is 1. The minimum absolute atomic E-state index is 0.0624. The van der Waals surface area contributed by atoms with Crippen LogP contribution in [0.2, 0.25) is 0 Å². The van der Waals surface area contributed by atoms with Crippen molar-refractivity contribution in [1.82, 2.24) is 5.32 Å². The number of hydrogen-bond acceptors (Lipinski definition) is 3. The average Bonchev–Trinajstić information content (AvgIpc) is 2.35. The number of carbonyl (C=O) groups is 2. The molecule has 2 atom stereocenters. The highest BCUT2D eigenvalue weighted by Crippen LogP contribution is 2.15. The molecule has 0 heterocycles. The number of carbonyl (C=O) groups excluding carboxylic acids is 2. The molecular formula is C19H35NO3. The third kappa shape index (κ3) is 12.9. The number of rotatable bonds is 9. The van der Waals surface area contributed by atoms with Crippen molar-refractivity contribution in [3.63, 3.8) is 0 Å². The van der Waals surface area contributed by atoms with Gasteiger partial charge in [0, 0.05) is 6.42 Å². The SMILES string of the molecule is CC(C)=CCC[C@H](C)CCCC(=O)[C@H](C)NC(=O)OC(C)(C)C. The summed E-state index contributed by atoms with van der Waals surface area (Å²) in [4.78, 5) is 23.7. The number of allylic oxidation sites excluding steroid dienone is 2. The monoisotopic (exact) mass is 325 g/mol. The van der Waals surface area contributed by atoms with Crippen LogP contribution in [0.3, 0.4) is 0 Å². The van der Waals surface area contributed by atoms with Crippen LogP contribution < -0.4 is 5.32 Å². The molecular weight excluding hydrogens is 290 g/mol. The molecule has 0 aromatic heterocycles. The maximum absolute atomic E-state index is 12.0. The van der Waals surface area contributed by atoms with E-state index in [9.17, 15) is 9.59 Å². The Kier molecular flexibility index (Phi) is 9.85. The third-order valence-electron chi connectivity index (χ3n) is 3.55. The summed E-state index contributed by atoms with van der Waals surface area (Å²) in [5.74, 6) is 0.680. The number of Topliss-reactive ketones (excluding diaryl/α,β-unsaturated/α-hetero) is 1. The molecule has 0 aliphatic heterocycles. The topological polar surface area (TPSA) is 55.4 Å². The van der Waals surface area contributed by atoms with Gasteiger partial charge in [0.15, 0.2) is 5.78 Å². The zero-order valence-corrected chi connectivity index (χ0v) is 16.0. The Bertz CT molecular complexity index is 403. The van der Waals surface area contributed by atoms with Gasteiger partial charge < -0.3 is 10.1 Å². The lowest BCUT2D eigenvalue weighted by molar-refractivity contribution is -0.120. The Morgan fingerprint density at radius 3 is 2.26 bits per heavy atom. The quantitative estimate of drug-likeness (QED) is 0.605. The maximum atomic E-state index is 12.0. The molecule has 0 aromatic carbocycles. The molecule has 0 rings (SSSR count). The van der Waals surface area contributed by atoms with Gasteiger partial charge in [0.2, 0.25) is 0 Å². The van der Waals surface area contributed by atoms with Crippen molar-refractivity contribution in [2.45, 2.75) is 92.2 Å². The fourth-order valence-electron chi connectivity index (χ4n) is 2.21. The molecule has 0 saturated heterocycles. The molecule has 0 aromatic rings. The van der Waals surface area contributed by atoms with Crippen LogP contribution >= 0.6 is 0 Å². The molecule has 0 fully saturated rings. The van der Waals surface area contributed by atoms with Crippen LogP contribution in [0.15, 0.2) is 11.6 Å². The number of hydrogen-bond donors (Lipinski definition) is 1. The Morgan fingerprint density at radius 1 is 1.13 bits per heavy atom. The van der Waals surface area contributed by atoms with Gasteiger partial charge in [0.05, 0.1) is 6.04 Å². The van der Waals surface area contributed by atoms with E-state index in [1.165, 1.54) is 5.57 Å². The molecule has 0 aliphatic carbocycles. The molecule has 0 aliphatic rings. The normalized spacial score (nSPS) is 13.9. The first-order valence-electron chi connectivity index (χ1n) is 8.67. The number of ether oxygens (including phenoxy) is 1. The standard InChI is InChI=1S/C19H35NO3/c1-14(2)10-8-11-15(3)12-9-13-17(21)16(4)20-18(22)23-19(5,6)7/h10,15-16H,8-9,11-13H2,1-7H3,(H,20,22)/t15-,16-/m0/s1. The van der Waals surface area contributed by atoms with Gasteiger partial charge in [-0.3, -0.25) is 4.79 Å². The molecule has 0 radical (unpaired) electrons. The third-order valence-corrected chi connectivity index (χ3v) is 3.55. The van der Waals surface area contributed by atoms with E-state index in [1.807, 2.05) is 0 Å². The summed E-state index contributed by atoms with van der Waals surface area (Å²) in [6.07, 6.45) is 6.40. The van der Waals surface area contributed by atoms with Crippen LogP contribution in [0.1, 0.15) is 80.6 Å². The van der Waals surface area contributed by atoms with E-state index < -0.39 is 17.7 Å². The second-order valence-corrected chi connectivity index (χ2v) is 7.69. The van der Waals surface area contributed by atoms with E-state index >= 15 is 0 Å². The van der Waals surface area contributed by atoms with Crippen LogP contribution in [0.25, 0.3) is 0 Å². The molecule has 1 N–H and O–H groups in total. The first-order chi connectivity index (χ1) is 10.5. The minimum atomic E-state index is -0.548. The average molecular weight is 325 g/mol. The van der Waals surface area contributed by atoms with E-state index in [2.05, 4.69) is 32.2 Å². The van der Waals surface area contributed by atoms with E-state index in [4.69, 9.17) is 4.74 Å². The fraction of sp³-hybridized carbons (Fsp3) is 0.789. The first-order valence-corrected chi connectivity index (χ1v) is 8.67. The smallest absolute Gasteiger partial charge is 0.408 e. The Balaban J connectivity index is 3.96. The summed E-state index contributed by atoms with van der Waals surface area (Å²) in [5, 5.41) is 2.60. The zero-order valence-electron chi connectivity index (χ0n) is 16.0. The zero-order chi connectivity index (χ0) is 18.0. The van der Waals surface area contributed by atoms with Crippen LogP contribution in [0.5, 0.6) is 0 Å². The Hall–Kier alpha value is -1.32. The van der Waals surface area contributed by atoms with Gasteiger partial charge in [-0.2, -0.15) is 0 Å². The number of alkyl carbamates (subject to hydrolysis) is 1. The predicted octanol–water partition coefficient (Wildman–Crippen LogP) is 5.02. The summed E-state index contributed by atoms with van der Waals surface area (Å²) in [5.41, 5.74) is 0.808.